The van der Waals surface area contributed by atoms with Crippen molar-refractivity contribution in [3.63, 3.8) is 0 Å². The van der Waals surface area contributed by atoms with Crippen LogP contribution in [0, 0.1) is 6.92 Å². The number of hydrogen-bond donors (Lipinski definition) is 3. The second-order valence-corrected chi connectivity index (χ2v) is 9.86. The number of pyridine rings is 1. The van der Waals surface area contributed by atoms with E-state index in [1.165, 1.54) is 0 Å². The van der Waals surface area contributed by atoms with Gasteiger partial charge in [-0.3, -0.25) is 9.78 Å². The topological polar surface area (TPSA) is 145 Å². The molecule has 2 fully saturated rings. The summed E-state index contributed by atoms with van der Waals surface area (Å²) in [5.74, 6) is 0.869. The average Bonchev–Trinajstić information content (AvgIpc) is 3.49. The molecule has 2 unspecified atom stereocenters. The van der Waals surface area contributed by atoms with Gasteiger partial charge in [0.25, 0.3) is 0 Å². The van der Waals surface area contributed by atoms with Crippen LogP contribution in [0.5, 0.6) is 0 Å². The Bertz CT molecular complexity index is 1180. The SMILES string of the molecule is Cc1cn2nc([C@@H]3CCCCN3C(=O)C(N)CC(N)c3ccccn3)cc2nc1N1CC[C@H](N)C1. The first-order valence-electron chi connectivity index (χ1n) is 12.5. The second-order valence-electron chi connectivity index (χ2n) is 9.86. The van der Waals surface area contributed by atoms with Crippen LogP contribution in [0.4, 0.5) is 5.82 Å². The molecule has 186 valence electrons. The lowest BCUT2D eigenvalue weighted by Gasteiger charge is -2.36. The molecule has 4 atom stereocenters. The van der Waals surface area contributed by atoms with Crippen molar-refractivity contribution in [2.45, 2.75) is 63.2 Å². The number of carbonyl (C=O) groups excluding carboxylic acids is 1. The van der Waals surface area contributed by atoms with Crippen molar-refractivity contribution in [1.29, 1.82) is 0 Å². The summed E-state index contributed by atoms with van der Waals surface area (Å²) in [4.78, 5) is 26.8. The summed E-state index contributed by atoms with van der Waals surface area (Å²) in [6.07, 6.45) is 7.86. The third kappa shape index (κ3) is 4.86. The fourth-order valence-electron chi connectivity index (χ4n) is 5.29. The smallest absolute Gasteiger partial charge is 0.240 e. The number of carbonyl (C=O) groups is 1. The molecule has 2 aliphatic heterocycles. The Morgan fingerprint density at radius 1 is 1.20 bits per heavy atom. The lowest BCUT2D eigenvalue weighted by atomic mass is 9.96. The van der Waals surface area contributed by atoms with E-state index in [0.29, 0.717) is 13.0 Å². The monoisotopic (exact) mass is 477 g/mol. The van der Waals surface area contributed by atoms with Gasteiger partial charge < -0.3 is 27.0 Å². The number of nitrogens with two attached hydrogens (primary N) is 3. The van der Waals surface area contributed by atoms with Gasteiger partial charge in [0, 0.05) is 55.7 Å². The molecule has 6 N–H and O–H groups in total. The van der Waals surface area contributed by atoms with Gasteiger partial charge >= 0.3 is 0 Å². The van der Waals surface area contributed by atoms with Gasteiger partial charge in [-0.15, -0.1) is 0 Å². The maximum Gasteiger partial charge on any atom is 0.240 e. The number of anilines is 1. The van der Waals surface area contributed by atoms with E-state index in [-0.39, 0.29) is 18.0 Å². The van der Waals surface area contributed by atoms with Crippen LogP contribution in [0.15, 0.2) is 36.7 Å². The molecule has 3 aromatic rings. The van der Waals surface area contributed by atoms with E-state index < -0.39 is 12.1 Å². The van der Waals surface area contributed by atoms with Crippen LogP contribution < -0.4 is 22.1 Å². The normalized spacial score (nSPS) is 22.5. The van der Waals surface area contributed by atoms with Crippen molar-refractivity contribution >= 4 is 17.4 Å². The molecule has 0 aromatic carbocycles. The molecule has 35 heavy (non-hydrogen) atoms. The predicted octanol–water partition coefficient (Wildman–Crippen LogP) is 1.44. The quantitative estimate of drug-likeness (QED) is 0.484. The lowest BCUT2D eigenvalue weighted by Crippen LogP contribution is -2.48. The minimum absolute atomic E-state index is 0.0889. The summed E-state index contributed by atoms with van der Waals surface area (Å²) < 4.78 is 1.82. The Morgan fingerprint density at radius 2 is 2.06 bits per heavy atom. The predicted molar refractivity (Wildman–Crippen MR) is 135 cm³/mol. The van der Waals surface area contributed by atoms with Crippen LogP contribution in [0.3, 0.4) is 0 Å². The van der Waals surface area contributed by atoms with Crippen molar-refractivity contribution in [2.75, 3.05) is 24.5 Å². The van der Waals surface area contributed by atoms with Crippen LogP contribution >= 0.6 is 0 Å². The highest BCUT2D eigenvalue weighted by Crippen LogP contribution is 2.32. The molecule has 0 aliphatic carbocycles. The average molecular weight is 478 g/mol. The van der Waals surface area contributed by atoms with E-state index in [9.17, 15) is 4.79 Å². The lowest BCUT2D eigenvalue weighted by molar-refractivity contribution is -0.136. The number of rotatable bonds is 6. The van der Waals surface area contributed by atoms with Crippen LogP contribution in [0.2, 0.25) is 0 Å². The number of piperidine rings is 1. The number of aryl methyl sites for hydroxylation is 1. The van der Waals surface area contributed by atoms with Crippen LogP contribution in [-0.4, -0.2) is 62.1 Å². The zero-order valence-corrected chi connectivity index (χ0v) is 20.3. The Hall–Kier alpha value is -3.08. The minimum Gasteiger partial charge on any atom is -0.355 e. The molecule has 10 nitrogen and oxygen atoms in total. The standard InChI is InChI=1S/C25H35N9O/c1-16-14-34-23(30-24(16)32-11-8-17(26)15-32)13-21(31-34)22-7-3-5-10-33(22)25(35)19(28)12-18(27)20-6-2-4-9-29-20/h2,4,6,9,13-14,17-19,22H,3,5,7-8,10-12,15,26-28H2,1H3/t17-,18?,19?,22-/m0/s1. The maximum atomic E-state index is 13.4. The Balaban J connectivity index is 1.35. The first-order valence-corrected chi connectivity index (χ1v) is 12.5. The summed E-state index contributed by atoms with van der Waals surface area (Å²) >= 11 is 0. The molecule has 5 rings (SSSR count). The Labute approximate surface area is 205 Å². The number of likely N-dealkylation sites (tertiary alicyclic amines) is 1. The molecule has 0 spiro atoms. The molecule has 2 saturated heterocycles. The molecular formula is C25H35N9O. The fourth-order valence-corrected chi connectivity index (χ4v) is 5.29. The highest BCUT2D eigenvalue weighted by Gasteiger charge is 2.33. The van der Waals surface area contributed by atoms with Gasteiger partial charge in [0.2, 0.25) is 5.91 Å². The van der Waals surface area contributed by atoms with E-state index >= 15 is 0 Å². The highest BCUT2D eigenvalue weighted by atomic mass is 16.2. The van der Waals surface area contributed by atoms with Crippen molar-refractivity contribution in [3.05, 3.63) is 53.6 Å². The maximum absolute atomic E-state index is 13.4. The number of nitrogens with zero attached hydrogens (tertiary/aromatic N) is 6. The van der Waals surface area contributed by atoms with Gasteiger partial charge in [0.1, 0.15) is 5.82 Å². The van der Waals surface area contributed by atoms with Gasteiger partial charge in [-0.25, -0.2) is 9.50 Å². The highest BCUT2D eigenvalue weighted by molar-refractivity contribution is 5.82. The summed E-state index contributed by atoms with van der Waals surface area (Å²) in [6, 6.07) is 6.56. The molecule has 0 saturated carbocycles. The van der Waals surface area contributed by atoms with Crippen molar-refractivity contribution in [1.82, 2.24) is 24.5 Å². The number of aromatic nitrogens is 4. The molecule has 10 heteroatoms. The number of fused-ring (bicyclic) bond motifs is 1. The third-order valence-corrected chi connectivity index (χ3v) is 7.17. The zero-order valence-electron chi connectivity index (χ0n) is 20.3. The van der Waals surface area contributed by atoms with Gasteiger partial charge in [-0.2, -0.15) is 5.10 Å². The van der Waals surface area contributed by atoms with E-state index in [0.717, 1.165) is 67.2 Å². The van der Waals surface area contributed by atoms with E-state index in [1.807, 2.05) is 46.8 Å². The molecule has 1 amide bonds. The van der Waals surface area contributed by atoms with Crippen LogP contribution in [-0.2, 0) is 4.79 Å². The fraction of sp³-hybridized carbons (Fsp3) is 0.520. The third-order valence-electron chi connectivity index (χ3n) is 7.17. The van der Waals surface area contributed by atoms with Crippen molar-refractivity contribution in [2.24, 2.45) is 17.2 Å². The van der Waals surface area contributed by atoms with E-state index in [4.69, 9.17) is 27.3 Å². The van der Waals surface area contributed by atoms with Crippen LogP contribution in [0.1, 0.15) is 61.1 Å². The molecule has 3 aromatic heterocycles. The molecular weight excluding hydrogens is 442 g/mol. The van der Waals surface area contributed by atoms with Gasteiger partial charge in [-0.1, -0.05) is 6.07 Å². The number of amides is 1. The first kappa shape index (κ1) is 23.7. The molecule has 5 heterocycles. The Kier molecular flexibility index (Phi) is 6.68. The molecule has 2 aliphatic rings. The summed E-state index contributed by atoms with van der Waals surface area (Å²) in [7, 11) is 0. The zero-order chi connectivity index (χ0) is 24.5. The second kappa shape index (κ2) is 9.88. The first-order chi connectivity index (χ1) is 16.9. The molecule has 0 radical (unpaired) electrons. The van der Waals surface area contributed by atoms with E-state index in [1.54, 1.807) is 6.20 Å². The molecule has 0 bridgehead atoms. The van der Waals surface area contributed by atoms with Gasteiger partial charge in [-0.05, 0) is 51.2 Å². The van der Waals surface area contributed by atoms with Gasteiger partial charge in [0.15, 0.2) is 5.65 Å². The summed E-state index contributed by atoms with van der Waals surface area (Å²) in [5.41, 5.74) is 22.2. The van der Waals surface area contributed by atoms with Gasteiger partial charge in [0.05, 0.1) is 23.5 Å². The Morgan fingerprint density at radius 3 is 2.80 bits per heavy atom. The largest absolute Gasteiger partial charge is 0.355 e. The van der Waals surface area contributed by atoms with Crippen molar-refractivity contribution in [3.8, 4) is 0 Å². The minimum atomic E-state index is -0.698. The van der Waals surface area contributed by atoms with Crippen molar-refractivity contribution < 1.29 is 4.79 Å². The summed E-state index contributed by atoms with van der Waals surface area (Å²) in [5, 5.41) is 4.82. The van der Waals surface area contributed by atoms with E-state index in [2.05, 4.69) is 9.88 Å². The number of hydrogen-bond acceptors (Lipinski definition) is 8. The van der Waals surface area contributed by atoms with Crippen LogP contribution in [0.25, 0.3) is 5.65 Å². The summed E-state index contributed by atoms with van der Waals surface area (Å²) in [6.45, 7) is 4.44.